The molecule has 8 heteroatoms. The van der Waals surface area contributed by atoms with E-state index in [1.807, 2.05) is 0 Å². The lowest BCUT2D eigenvalue weighted by molar-refractivity contribution is -0.158. The lowest BCUT2D eigenvalue weighted by Gasteiger charge is -2.13. The molecule has 0 aromatic carbocycles. The van der Waals surface area contributed by atoms with Crippen molar-refractivity contribution in [3.8, 4) is 0 Å². The van der Waals surface area contributed by atoms with Gasteiger partial charge in [0.2, 0.25) is 0 Å². The molecule has 16 heavy (non-hydrogen) atoms. The second-order valence-corrected chi connectivity index (χ2v) is 4.36. The Balaban J connectivity index is 2.11. The lowest BCUT2D eigenvalue weighted by Crippen LogP contribution is -2.28. The topological polar surface area (TPSA) is 79.4 Å². The van der Waals surface area contributed by atoms with Crippen molar-refractivity contribution < 1.29 is 14.2 Å². The van der Waals surface area contributed by atoms with Crippen molar-refractivity contribution in [2.45, 2.75) is 11.7 Å². The van der Waals surface area contributed by atoms with E-state index in [1.54, 1.807) is 0 Å². The minimum atomic E-state index is -0.479. The van der Waals surface area contributed by atoms with Gasteiger partial charge in [-0.3, -0.25) is 4.57 Å². The van der Waals surface area contributed by atoms with E-state index < -0.39 is 17.4 Å². The molecule has 2 N–H and O–H groups in total. The van der Waals surface area contributed by atoms with E-state index in [-0.39, 0.29) is 12.4 Å². The minimum absolute atomic E-state index is 0.154. The van der Waals surface area contributed by atoms with Gasteiger partial charge in [-0.2, -0.15) is 9.93 Å². The van der Waals surface area contributed by atoms with Gasteiger partial charge in [-0.1, -0.05) is 0 Å². The minimum Gasteiger partial charge on any atom is -0.383 e. The third-order valence-electron chi connectivity index (χ3n) is 2.09. The van der Waals surface area contributed by atoms with Crippen LogP contribution in [0.25, 0.3) is 0 Å². The molecule has 0 aliphatic carbocycles. The van der Waals surface area contributed by atoms with Crippen LogP contribution in [0.15, 0.2) is 17.1 Å². The molecule has 0 unspecified atom stereocenters. The summed E-state index contributed by atoms with van der Waals surface area (Å²) in [4.78, 5) is 18.5. The molecule has 2 heterocycles. The van der Waals surface area contributed by atoms with E-state index >= 15 is 0 Å². The van der Waals surface area contributed by atoms with Crippen LogP contribution in [0.2, 0.25) is 0 Å². The maximum Gasteiger partial charge on any atom is 0.351 e. The molecular formula is C8H10FN3O3S. The van der Waals surface area contributed by atoms with Crippen LogP contribution in [0, 0.1) is 0 Å². The van der Waals surface area contributed by atoms with Crippen molar-refractivity contribution in [1.82, 2.24) is 9.55 Å². The molecule has 1 aliphatic heterocycles. The number of nitrogens with zero attached hydrogens (tertiary/aromatic N) is 2. The molecule has 1 aromatic heterocycles. The maximum absolute atomic E-state index is 11.6. The number of halogens is 1. The van der Waals surface area contributed by atoms with Gasteiger partial charge >= 0.3 is 5.69 Å². The standard InChI is InChI=1S/C8H10FN3O3S/c9-14-3-7-15-6(4-16-7)12-2-1-5(10)11-8(12)13/h1-2,6-7H,3-4H2,(H2,10,11,13)/t6-,7+/m1/s1. The smallest absolute Gasteiger partial charge is 0.351 e. The van der Waals surface area contributed by atoms with Gasteiger partial charge in [0.15, 0.2) is 0 Å². The summed E-state index contributed by atoms with van der Waals surface area (Å²) in [6.45, 7) is -0.154. The van der Waals surface area contributed by atoms with Crippen molar-refractivity contribution >= 4 is 17.6 Å². The quantitative estimate of drug-likeness (QED) is 0.828. The number of aromatic nitrogens is 2. The fourth-order valence-corrected chi connectivity index (χ4v) is 2.35. The summed E-state index contributed by atoms with van der Waals surface area (Å²) in [6, 6.07) is 1.51. The molecule has 1 aliphatic rings. The molecule has 1 saturated heterocycles. The molecule has 0 amide bonds. The monoisotopic (exact) mass is 247 g/mol. The molecule has 88 valence electrons. The Bertz CT molecular complexity index is 427. The van der Waals surface area contributed by atoms with E-state index in [9.17, 15) is 9.32 Å². The van der Waals surface area contributed by atoms with Crippen LogP contribution >= 0.6 is 11.8 Å². The van der Waals surface area contributed by atoms with E-state index in [0.29, 0.717) is 5.75 Å². The lowest BCUT2D eigenvalue weighted by atomic mass is 10.5. The number of ether oxygens (including phenoxy) is 1. The number of nitrogen functional groups attached to an aromatic ring is 1. The number of anilines is 1. The highest BCUT2D eigenvalue weighted by Gasteiger charge is 2.28. The Morgan fingerprint density at radius 1 is 1.81 bits per heavy atom. The molecule has 6 nitrogen and oxygen atoms in total. The molecule has 2 rings (SSSR count). The van der Waals surface area contributed by atoms with Crippen molar-refractivity contribution in [2.24, 2.45) is 0 Å². The first-order valence-electron chi connectivity index (χ1n) is 4.56. The summed E-state index contributed by atoms with van der Waals surface area (Å²) in [7, 11) is 0. The fraction of sp³-hybridized carbons (Fsp3) is 0.500. The van der Waals surface area contributed by atoms with Crippen LogP contribution in [0.5, 0.6) is 0 Å². The number of nitrogens with two attached hydrogens (primary N) is 1. The molecule has 1 fully saturated rings. The van der Waals surface area contributed by atoms with Crippen LogP contribution in [-0.2, 0) is 9.68 Å². The first kappa shape index (κ1) is 11.4. The van der Waals surface area contributed by atoms with Crippen molar-refractivity contribution in [1.29, 1.82) is 0 Å². The predicted octanol–water partition coefficient (Wildman–Crippen LogP) is 0.315. The Morgan fingerprint density at radius 2 is 2.62 bits per heavy atom. The number of hydrogen-bond donors (Lipinski definition) is 1. The Labute approximate surface area is 94.5 Å². The van der Waals surface area contributed by atoms with E-state index in [1.165, 1.54) is 28.6 Å². The van der Waals surface area contributed by atoms with Crippen molar-refractivity contribution in [3.05, 3.63) is 22.7 Å². The second kappa shape index (κ2) is 4.81. The summed E-state index contributed by atoms with van der Waals surface area (Å²) in [5.41, 5.74) is 4.48. The molecule has 0 saturated carbocycles. The Kier molecular flexibility index (Phi) is 3.42. The fourth-order valence-electron chi connectivity index (χ4n) is 1.37. The van der Waals surface area contributed by atoms with Crippen LogP contribution in [0.1, 0.15) is 6.23 Å². The third-order valence-corrected chi connectivity index (χ3v) is 3.19. The summed E-state index contributed by atoms with van der Waals surface area (Å²) in [6.07, 6.45) is 1.06. The summed E-state index contributed by atoms with van der Waals surface area (Å²) >= 11 is 1.38. The van der Waals surface area contributed by atoms with Crippen LogP contribution < -0.4 is 11.4 Å². The van der Waals surface area contributed by atoms with Crippen molar-refractivity contribution in [2.75, 3.05) is 18.1 Å². The number of thioether (sulfide) groups is 1. The average molecular weight is 247 g/mol. The van der Waals surface area contributed by atoms with Gasteiger partial charge in [0, 0.05) is 11.9 Å². The van der Waals surface area contributed by atoms with Crippen LogP contribution in [0.4, 0.5) is 10.3 Å². The molecular weight excluding hydrogens is 237 g/mol. The summed E-state index contributed by atoms with van der Waals surface area (Å²) in [5.74, 6) is 0.704. The normalized spacial score (nSPS) is 24.8. The average Bonchev–Trinajstić information content (AvgIpc) is 2.67. The second-order valence-electron chi connectivity index (χ2n) is 3.17. The highest BCUT2D eigenvalue weighted by atomic mass is 32.2. The summed E-state index contributed by atoms with van der Waals surface area (Å²) < 4.78 is 18.3. The van der Waals surface area contributed by atoms with Crippen LogP contribution in [-0.4, -0.2) is 27.3 Å². The Morgan fingerprint density at radius 3 is 3.31 bits per heavy atom. The van der Waals surface area contributed by atoms with Gasteiger partial charge in [-0.05, 0) is 10.6 Å². The van der Waals surface area contributed by atoms with Gasteiger partial charge in [-0.15, -0.1) is 11.8 Å². The van der Waals surface area contributed by atoms with Crippen LogP contribution in [0.3, 0.4) is 0 Å². The molecule has 1 aromatic rings. The summed E-state index contributed by atoms with van der Waals surface area (Å²) in [5, 5.41) is 0. The molecule has 0 radical (unpaired) electrons. The SMILES string of the molecule is Nc1ccn([C@H]2CS[C@@H](COF)O2)c(=O)n1. The molecule has 0 bridgehead atoms. The van der Waals surface area contributed by atoms with E-state index in [4.69, 9.17) is 10.5 Å². The zero-order valence-electron chi connectivity index (χ0n) is 8.21. The Hall–Kier alpha value is -1.12. The first-order chi connectivity index (χ1) is 7.70. The van der Waals surface area contributed by atoms with Crippen molar-refractivity contribution in [3.63, 3.8) is 0 Å². The largest absolute Gasteiger partial charge is 0.383 e. The number of rotatable bonds is 3. The zero-order chi connectivity index (χ0) is 11.5. The first-order valence-corrected chi connectivity index (χ1v) is 5.61. The highest BCUT2D eigenvalue weighted by Crippen LogP contribution is 2.30. The molecule has 2 atom stereocenters. The molecule has 0 spiro atoms. The third kappa shape index (κ3) is 2.34. The highest BCUT2D eigenvalue weighted by molar-refractivity contribution is 8.00. The number of hydrogen-bond acceptors (Lipinski definition) is 6. The maximum atomic E-state index is 11.6. The van der Waals surface area contributed by atoms with E-state index in [0.717, 1.165) is 0 Å². The van der Waals surface area contributed by atoms with Gasteiger partial charge < -0.3 is 10.5 Å². The van der Waals surface area contributed by atoms with Gasteiger partial charge in [0.1, 0.15) is 24.1 Å². The van der Waals surface area contributed by atoms with Gasteiger partial charge in [0.25, 0.3) is 0 Å². The van der Waals surface area contributed by atoms with Gasteiger partial charge in [-0.25, -0.2) is 4.79 Å². The van der Waals surface area contributed by atoms with Gasteiger partial charge in [0.05, 0.1) is 0 Å². The van der Waals surface area contributed by atoms with E-state index in [2.05, 4.69) is 9.93 Å². The zero-order valence-corrected chi connectivity index (χ0v) is 9.02. The predicted molar refractivity (Wildman–Crippen MR) is 56.3 cm³/mol.